The zero-order chi connectivity index (χ0) is 13.8. The summed E-state index contributed by atoms with van der Waals surface area (Å²) in [4.78, 5) is 22.1. The van der Waals surface area contributed by atoms with Crippen LogP contribution in [0.3, 0.4) is 0 Å². The van der Waals surface area contributed by atoms with Gasteiger partial charge in [0.2, 0.25) is 0 Å². The van der Waals surface area contributed by atoms with Crippen LogP contribution in [0.2, 0.25) is 0 Å². The summed E-state index contributed by atoms with van der Waals surface area (Å²) >= 11 is 1.55. The molecule has 0 saturated carbocycles. The first kappa shape index (κ1) is 13.3. The molecule has 0 radical (unpaired) electrons. The highest BCUT2D eigenvalue weighted by Crippen LogP contribution is 2.20. The minimum atomic E-state index is -0.427. The molecule has 19 heavy (non-hydrogen) atoms. The van der Waals surface area contributed by atoms with Crippen LogP contribution in [0.4, 0.5) is 5.69 Å². The van der Waals surface area contributed by atoms with Crippen LogP contribution in [0, 0.1) is 17.0 Å². The van der Waals surface area contributed by atoms with E-state index in [-0.39, 0.29) is 11.3 Å². The third-order valence-corrected chi connectivity index (χ3v) is 3.57. The molecule has 0 amide bonds. The molecule has 0 fully saturated rings. The lowest BCUT2D eigenvalue weighted by Crippen LogP contribution is -2.40. The molecule has 0 aliphatic heterocycles. The lowest BCUT2D eigenvalue weighted by atomic mass is 10.3. The fraction of sp³-hybridized carbons (Fsp3) is 0.273. The SMILES string of the molecule is Cc1c(=O)o[nH][n+]1CCSc1ccc([N+](=O)[O-])cc1. The molecule has 1 N–H and O–H groups in total. The van der Waals surface area contributed by atoms with Gasteiger partial charge in [-0.25, -0.2) is 4.79 Å². The number of aryl methyl sites for hydroxylation is 1. The van der Waals surface area contributed by atoms with E-state index in [2.05, 4.69) is 9.79 Å². The van der Waals surface area contributed by atoms with Crippen molar-refractivity contribution in [1.29, 1.82) is 0 Å². The van der Waals surface area contributed by atoms with Crippen molar-refractivity contribution in [2.75, 3.05) is 5.75 Å². The average molecular weight is 282 g/mol. The van der Waals surface area contributed by atoms with Gasteiger partial charge in [-0.1, -0.05) is 4.68 Å². The highest BCUT2D eigenvalue weighted by atomic mass is 32.2. The first-order valence-corrected chi connectivity index (χ1v) is 6.51. The number of aromatic amines is 1. The van der Waals surface area contributed by atoms with Gasteiger partial charge in [-0.3, -0.25) is 14.6 Å². The second-order valence-electron chi connectivity index (χ2n) is 3.82. The van der Waals surface area contributed by atoms with Crippen LogP contribution < -0.4 is 10.3 Å². The van der Waals surface area contributed by atoms with Crippen LogP contribution in [-0.4, -0.2) is 15.9 Å². The number of non-ortho nitro benzene ring substituents is 1. The van der Waals surface area contributed by atoms with Gasteiger partial charge in [0.15, 0.2) is 6.54 Å². The van der Waals surface area contributed by atoms with E-state index < -0.39 is 4.92 Å². The van der Waals surface area contributed by atoms with Crippen molar-refractivity contribution in [3.8, 4) is 0 Å². The van der Waals surface area contributed by atoms with Crippen LogP contribution in [0.1, 0.15) is 5.69 Å². The van der Waals surface area contributed by atoms with Crippen LogP contribution in [-0.2, 0) is 6.54 Å². The van der Waals surface area contributed by atoms with E-state index in [9.17, 15) is 14.9 Å². The maximum atomic E-state index is 11.1. The molecule has 8 heteroatoms. The number of hydrogen-bond acceptors (Lipinski definition) is 5. The van der Waals surface area contributed by atoms with Gasteiger partial charge in [0.05, 0.1) is 10.7 Å². The Morgan fingerprint density at radius 3 is 2.63 bits per heavy atom. The van der Waals surface area contributed by atoms with Gasteiger partial charge >= 0.3 is 5.63 Å². The minimum absolute atomic E-state index is 0.0775. The fourth-order valence-electron chi connectivity index (χ4n) is 1.48. The Balaban J connectivity index is 1.91. The van der Waals surface area contributed by atoms with E-state index in [1.165, 1.54) is 12.1 Å². The number of hydrogen-bond donors (Lipinski definition) is 1. The largest absolute Gasteiger partial charge is 0.429 e. The van der Waals surface area contributed by atoms with E-state index in [1.807, 2.05) is 0 Å². The van der Waals surface area contributed by atoms with Gasteiger partial charge in [-0.2, -0.15) is 0 Å². The van der Waals surface area contributed by atoms with Crippen molar-refractivity contribution in [2.24, 2.45) is 0 Å². The zero-order valence-corrected chi connectivity index (χ0v) is 11.0. The molecule has 1 aromatic carbocycles. The number of nitrogens with one attached hydrogen (secondary N) is 1. The third-order valence-electron chi connectivity index (χ3n) is 2.58. The molecule has 0 spiro atoms. The lowest BCUT2D eigenvalue weighted by molar-refractivity contribution is -0.763. The smallest absolute Gasteiger partial charge is 0.283 e. The number of nitro groups is 1. The molecule has 0 saturated heterocycles. The maximum absolute atomic E-state index is 11.1. The normalized spacial score (nSPS) is 10.6. The molecule has 7 nitrogen and oxygen atoms in total. The Labute approximate surface area is 112 Å². The third kappa shape index (κ3) is 3.22. The van der Waals surface area contributed by atoms with E-state index in [4.69, 9.17) is 0 Å². The summed E-state index contributed by atoms with van der Waals surface area (Å²) in [5, 5.41) is 13.0. The molecule has 0 bridgehead atoms. The molecule has 2 rings (SSSR count). The predicted molar refractivity (Wildman–Crippen MR) is 68.1 cm³/mol. The molecule has 2 aromatic rings. The Morgan fingerprint density at radius 1 is 1.42 bits per heavy atom. The van der Waals surface area contributed by atoms with Crippen LogP contribution >= 0.6 is 11.8 Å². The lowest BCUT2D eigenvalue weighted by Gasteiger charge is -1.98. The number of aromatic nitrogens is 2. The van der Waals surface area contributed by atoms with Gasteiger partial charge in [0, 0.05) is 24.0 Å². The number of nitrogens with zero attached hydrogens (tertiary/aromatic N) is 2. The second kappa shape index (κ2) is 5.70. The first-order valence-electron chi connectivity index (χ1n) is 5.53. The number of benzene rings is 1. The molecular formula is C11H12N3O4S+. The van der Waals surface area contributed by atoms with Gasteiger partial charge in [-0.15, -0.1) is 11.8 Å². The van der Waals surface area contributed by atoms with Gasteiger partial charge in [0.1, 0.15) is 0 Å². The van der Waals surface area contributed by atoms with Crippen molar-refractivity contribution < 1.29 is 14.1 Å². The van der Waals surface area contributed by atoms with Crippen molar-refractivity contribution >= 4 is 17.4 Å². The Bertz CT molecular complexity index is 632. The monoisotopic (exact) mass is 282 g/mol. The zero-order valence-electron chi connectivity index (χ0n) is 10.2. The van der Waals surface area contributed by atoms with Crippen molar-refractivity contribution in [3.05, 3.63) is 50.5 Å². The summed E-state index contributed by atoms with van der Waals surface area (Å²) in [5.74, 6) is 0.721. The van der Waals surface area contributed by atoms with E-state index in [0.717, 1.165) is 10.6 Å². The van der Waals surface area contributed by atoms with Crippen LogP contribution in [0.25, 0.3) is 0 Å². The van der Waals surface area contributed by atoms with E-state index in [0.29, 0.717) is 12.2 Å². The molecule has 0 unspecified atom stereocenters. The summed E-state index contributed by atoms with van der Waals surface area (Å²) in [6.45, 7) is 2.28. The molecule has 100 valence electrons. The summed E-state index contributed by atoms with van der Waals surface area (Å²) in [7, 11) is 0. The number of thioether (sulfide) groups is 1. The van der Waals surface area contributed by atoms with E-state index >= 15 is 0 Å². The van der Waals surface area contributed by atoms with E-state index in [1.54, 1.807) is 35.5 Å². The molecule has 0 atom stereocenters. The van der Waals surface area contributed by atoms with Gasteiger partial charge in [-0.05, 0) is 17.4 Å². The predicted octanol–water partition coefficient (Wildman–Crippen LogP) is 1.26. The highest BCUT2D eigenvalue weighted by Gasteiger charge is 2.14. The first-order chi connectivity index (χ1) is 9.08. The summed E-state index contributed by atoms with van der Waals surface area (Å²) in [6.07, 6.45) is 0. The Hall–Kier alpha value is -2.09. The fourth-order valence-corrected chi connectivity index (χ4v) is 2.32. The summed E-state index contributed by atoms with van der Waals surface area (Å²) < 4.78 is 6.26. The Kier molecular flexibility index (Phi) is 4.00. The van der Waals surface area contributed by atoms with Crippen LogP contribution in [0.15, 0.2) is 38.5 Å². The Morgan fingerprint density at radius 2 is 2.11 bits per heavy atom. The van der Waals surface area contributed by atoms with Crippen molar-refractivity contribution in [2.45, 2.75) is 18.4 Å². The van der Waals surface area contributed by atoms with Gasteiger partial charge < -0.3 is 0 Å². The number of rotatable bonds is 5. The van der Waals surface area contributed by atoms with Crippen molar-refractivity contribution in [1.82, 2.24) is 5.27 Å². The quantitative estimate of drug-likeness (QED) is 0.386. The highest BCUT2D eigenvalue weighted by molar-refractivity contribution is 7.99. The summed E-state index contributed by atoms with van der Waals surface area (Å²) in [5.41, 5.74) is 0.221. The molecule has 1 aromatic heterocycles. The van der Waals surface area contributed by atoms with Crippen molar-refractivity contribution in [3.63, 3.8) is 0 Å². The minimum Gasteiger partial charge on any atom is -0.283 e. The molecule has 0 aliphatic rings. The summed E-state index contributed by atoms with van der Waals surface area (Å²) in [6, 6.07) is 6.36. The number of H-pyrrole nitrogens is 1. The van der Waals surface area contributed by atoms with Crippen LogP contribution in [0.5, 0.6) is 0 Å². The molecule has 1 heterocycles. The molecular weight excluding hydrogens is 270 g/mol. The molecule has 0 aliphatic carbocycles. The average Bonchev–Trinajstić information content (AvgIpc) is 2.71. The maximum Gasteiger partial charge on any atom is 0.429 e. The number of nitro benzene ring substituents is 1. The van der Waals surface area contributed by atoms with Gasteiger partial charge in [0.25, 0.3) is 11.4 Å². The topological polar surface area (TPSA) is 93.0 Å². The second-order valence-corrected chi connectivity index (χ2v) is 4.99. The standard InChI is InChI=1S/C11H11N3O4S/c1-8-11(15)18-12-13(8)6-7-19-10-4-2-9(3-5-10)14(16)17/h2-5H,6-7H2,1H3/p+1.